The van der Waals surface area contributed by atoms with Gasteiger partial charge in [-0.1, -0.05) is 13.8 Å². The van der Waals surface area contributed by atoms with E-state index in [4.69, 9.17) is 9.47 Å². The van der Waals surface area contributed by atoms with Crippen LogP contribution in [-0.4, -0.2) is 58.0 Å². The largest absolute Gasteiger partial charge is 0.378 e. The van der Waals surface area contributed by atoms with Gasteiger partial charge in [0, 0.05) is 25.5 Å². The summed E-state index contributed by atoms with van der Waals surface area (Å²) in [5.41, 5.74) is 0. The maximum Gasteiger partial charge on any atom is 0.314 e. The number of hydrogen-bond donors (Lipinski definition) is 4. The Kier molecular flexibility index (Phi) is 13.6. The monoisotopic (exact) mass is 293 g/mol. The normalized spacial score (nSPS) is 10.7. The summed E-state index contributed by atoms with van der Waals surface area (Å²) in [6.45, 7) is 8.33. The Morgan fingerprint density at radius 2 is 1.68 bits per heavy atom. The first kappa shape index (κ1) is 18.5. The van der Waals surface area contributed by atoms with E-state index in [9.17, 15) is 4.79 Å². The van der Waals surface area contributed by atoms with E-state index in [2.05, 4.69) is 42.4 Å². The Hall–Kier alpha value is -0.500. The number of amides is 2. The number of ether oxygens (including phenoxy) is 2. The second kappa shape index (κ2) is 13.9. The highest BCUT2D eigenvalue weighted by Crippen LogP contribution is 1.86. The summed E-state index contributed by atoms with van der Waals surface area (Å²) in [5.74, 6) is 1.11. The van der Waals surface area contributed by atoms with Gasteiger partial charge in [0.1, 0.15) is 0 Å². The molecule has 0 aliphatic rings. The van der Waals surface area contributed by atoms with Crippen molar-refractivity contribution < 1.29 is 14.3 Å². The van der Waals surface area contributed by atoms with Gasteiger partial charge in [-0.2, -0.15) is 12.6 Å². The zero-order valence-electron chi connectivity index (χ0n) is 11.9. The van der Waals surface area contributed by atoms with Crippen LogP contribution in [0.15, 0.2) is 0 Å². The van der Waals surface area contributed by atoms with Crippen LogP contribution in [0.25, 0.3) is 0 Å². The standard InChI is InChI=1S/C12H27N3O3S/c1-11(2)9-15-12(16)14-4-6-18-8-7-17-5-3-13-10-19/h11,13,19H,3-10H2,1-2H3,(H2,14,15,16). The van der Waals surface area contributed by atoms with Crippen LogP contribution in [-0.2, 0) is 9.47 Å². The topological polar surface area (TPSA) is 71.6 Å². The molecule has 0 aromatic carbocycles. The van der Waals surface area contributed by atoms with Crippen LogP contribution in [0.1, 0.15) is 13.8 Å². The van der Waals surface area contributed by atoms with Gasteiger partial charge < -0.3 is 25.4 Å². The van der Waals surface area contributed by atoms with Crippen molar-refractivity contribution >= 4 is 18.7 Å². The predicted molar refractivity (Wildman–Crippen MR) is 79.7 cm³/mol. The number of thiol groups is 1. The molecular formula is C12H27N3O3S. The maximum atomic E-state index is 11.3. The number of carbonyl (C=O) groups excluding carboxylic acids is 1. The maximum absolute atomic E-state index is 11.3. The first-order chi connectivity index (χ1) is 9.16. The van der Waals surface area contributed by atoms with E-state index < -0.39 is 0 Å². The van der Waals surface area contributed by atoms with Crippen LogP contribution >= 0.6 is 12.6 Å². The average molecular weight is 293 g/mol. The molecule has 0 spiro atoms. The van der Waals surface area contributed by atoms with E-state index in [0.29, 0.717) is 51.3 Å². The fourth-order valence-corrected chi connectivity index (χ4v) is 1.30. The molecule has 0 aromatic heterocycles. The van der Waals surface area contributed by atoms with Gasteiger partial charge in [0.2, 0.25) is 0 Å². The van der Waals surface area contributed by atoms with Gasteiger partial charge in [0.15, 0.2) is 0 Å². The van der Waals surface area contributed by atoms with Crippen molar-refractivity contribution in [3.05, 3.63) is 0 Å². The second-order valence-corrected chi connectivity index (χ2v) is 4.73. The highest BCUT2D eigenvalue weighted by Gasteiger charge is 2.00. The molecule has 0 aliphatic carbocycles. The summed E-state index contributed by atoms with van der Waals surface area (Å²) in [6, 6.07) is -0.147. The fraction of sp³-hybridized carbons (Fsp3) is 0.917. The third-order valence-electron chi connectivity index (χ3n) is 2.11. The van der Waals surface area contributed by atoms with E-state index in [1.807, 2.05) is 0 Å². The van der Waals surface area contributed by atoms with Crippen molar-refractivity contribution in [3.63, 3.8) is 0 Å². The lowest BCUT2D eigenvalue weighted by Crippen LogP contribution is -2.39. The molecular weight excluding hydrogens is 266 g/mol. The number of nitrogens with one attached hydrogen (secondary N) is 3. The Morgan fingerprint density at radius 1 is 1.05 bits per heavy atom. The van der Waals surface area contributed by atoms with E-state index in [1.165, 1.54) is 0 Å². The van der Waals surface area contributed by atoms with E-state index in [1.54, 1.807) is 0 Å². The smallest absolute Gasteiger partial charge is 0.314 e. The third-order valence-corrected chi connectivity index (χ3v) is 2.33. The number of rotatable bonds is 12. The van der Waals surface area contributed by atoms with Crippen molar-refractivity contribution in [1.29, 1.82) is 0 Å². The molecule has 0 aromatic rings. The molecule has 0 atom stereocenters. The zero-order chi connectivity index (χ0) is 14.3. The van der Waals surface area contributed by atoms with Gasteiger partial charge in [-0.05, 0) is 5.92 Å². The van der Waals surface area contributed by atoms with Crippen LogP contribution in [0.5, 0.6) is 0 Å². The fourth-order valence-electron chi connectivity index (χ4n) is 1.14. The van der Waals surface area contributed by atoms with E-state index in [-0.39, 0.29) is 6.03 Å². The van der Waals surface area contributed by atoms with Crippen LogP contribution < -0.4 is 16.0 Å². The van der Waals surface area contributed by atoms with Gasteiger partial charge in [-0.15, -0.1) is 0 Å². The van der Waals surface area contributed by atoms with Gasteiger partial charge in [-0.25, -0.2) is 4.79 Å². The minimum atomic E-state index is -0.147. The van der Waals surface area contributed by atoms with Gasteiger partial charge in [-0.3, -0.25) is 0 Å². The van der Waals surface area contributed by atoms with Gasteiger partial charge in [0.25, 0.3) is 0 Å². The highest BCUT2D eigenvalue weighted by molar-refractivity contribution is 7.80. The molecule has 0 rings (SSSR count). The molecule has 6 nitrogen and oxygen atoms in total. The summed E-state index contributed by atoms with van der Waals surface area (Å²) < 4.78 is 10.6. The third kappa shape index (κ3) is 15.4. The minimum Gasteiger partial charge on any atom is -0.378 e. The lowest BCUT2D eigenvalue weighted by molar-refractivity contribution is 0.0508. The van der Waals surface area contributed by atoms with Crippen LogP contribution in [0, 0.1) is 5.92 Å². The predicted octanol–water partition coefficient (Wildman–Crippen LogP) is 0.452. The molecule has 0 aliphatic heterocycles. The Balaban J connectivity index is 3.11. The highest BCUT2D eigenvalue weighted by atomic mass is 32.1. The molecule has 0 bridgehead atoms. The molecule has 0 heterocycles. The van der Waals surface area contributed by atoms with Crippen LogP contribution in [0.4, 0.5) is 4.79 Å². The molecule has 3 N–H and O–H groups in total. The molecule has 2 amide bonds. The molecule has 114 valence electrons. The SMILES string of the molecule is CC(C)CNC(=O)NCCOCCOCCNCS. The minimum absolute atomic E-state index is 0.147. The van der Waals surface area contributed by atoms with Crippen LogP contribution in [0.2, 0.25) is 0 Å². The second-order valence-electron chi connectivity index (χ2n) is 4.41. The van der Waals surface area contributed by atoms with Gasteiger partial charge >= 0.3 is 6.03 Å². The van der Waals surface area contributed by atoms with Gasteiger partial charge in [0.05, 0.1) is 26.4 Å². The molecule has 19 heavy (non-hydrogen) atoms. The molecule has 0 saturated carbocycles. The van der Waals surface area contributed by atoms with Crippen molar-refractivity contribution in [1.82, 2.24) is 16.0 Å². The quantitative estimate of drug-likeness (QED) is 0.240. The first-order valence-electron chi connectivity index (χ1n) is 6.65. The zero-order valence-corrected chi connectivity index (χ0v) is 12.8. The number of carbonyl (C=O) groups is 1. The van der Waals surface area contributed by atoms with Crippen molar-refractivity contribution in [2.45, 2.75) is 13.8 Å². The lowest BCUT2D eigenvalue weighted by atomic mass is 10.2. The molecule has 0 radical (unpaired) electrons. The molecule has 0 unspecified atom stereocenters. The van der Waals surface area contributed by atoms with Crippen molar-refractivity contribution in [3.8, 4) is 0 Å². The number of urea groups is 1. The van der Waals surface area contributed by atoms with Crippen molar-refractivity contribution in [2.75, 3.05) is 51.9 Å². The summed E-state index contributed by atoms with van der Waals surface area (Å²) >= 11 is 4.01. The Morgan fingerprint density at radius 3 is 2.26 bits per heavy atom. The average Bonchev–Trinajstić information content (AvgIpc) is 2.38. The Labute approximate surface area is 121 Å². The molecule has 7 heteroatoms. The summed E-state index contributed by atoms with van der Waals surface area (Å²) in [5, 5.41) is 8.53. The molecule has 0 saturated heterocycles. The van der Waals surface area contributed by atoms with E-state index >= 15 is 0 Å². The molecule has 0 fully saturated rings. The van der Waals surface area contributed by atoms with Crippen molar-refractivity contribution in [2.24, 2.45) is 5.92 Å². The number of hydrogen-bond acceptors (Lipinski definition) is 5. The summed E-state index contributed by atoms with van der Waals surface area (Å²) in [6.07, 6.45) is 0. The van der Waals surface area contributed by atoms with E-state index in [0.717, 1.165) is 6.54 Å². The lowest BCUT2D eigenvalue weighted by Gasteiger charge is -2.09. The summed E-state index contributed by atoms with van der Waals surface area (Å²) in [4.78, 5) is 11.3. The van der Waals surface area contributed by atoms with Crippen LogP contribution in [0.3, 0.4) is 0 Å². The first-order valence-corrected chi connectivity index (χ1v) is 7.28. The Bertz CT molecular complexity index is 218. The summed E-state index contributed by atoms with van der Waals surface area (Å²) in [7, 11) is 0.